The van der Waals surface area contributed by atoms with Crippen molar-refractivity contribution < 1.29 is 14.3 Å². The molecule has 15 heavy (non-hydrogen) atoms. The first-order valence-electron chi connectivity index (χ1n) is 4.37. The molecule has 1 atom stereocenters. The Labute approximate surface area is 104 Å². The van der Waals surface area contributed by atoms with Crippen molar-refractivity contribution in [3.8, 4) is 0 Å². The average molecular weight is 312 g/mol. The second-order valence-electron chi connectivity index (χ2n) is 3.03. The van der Waals surface area contributed by atoms with Crippen molar-refractivity contribution >= 4 is 44.7 Å². The Kier molecular flexibility index (Phi) is 3.79. The van der Waals surface area contributed by atoms with Crippen LogP contribution in [0.5, 0.6) is 0 Å². The maximum atomic E-state index is 11.9. The van der Waals surface area contributed by atoms with Crippen molar-refractivity contribution in [2.45, 2.75) is 6.10 Å². The zero-order valence-electron chi connectivity index (χ0n) is 7.66. The first kappa shape index (κ1) is 11.5. The van der Waals surface area contributed by atoms with Crippen LogP contribution in [0.25, 0.3) is 0 Å². The molecule has 0 N–H and O–H groups in total. The summed E-state index contributed by atoms with van der Waals surface area (Å²) in [5.41, 5.74) is 0. The SMILES string of the molecule is O=C(c1cc(Cl)c(Br)s1)C1COCCO1. The molecule has 1 unspecified atom stereocenters. The van der Waals surface area contributed by atoms with Gasteiger partial charge in [0, 0.05) is 0 Å². The molecule has 1 aromatic rings. The Hall–Kier alpha value is 0.0600. The van der Waals surface area contributed by atoms with E-state index in [4.69, 9.17) is 21.1 Å². The van der Waals surface area contributed by atoms with Crippen LogP contribution in [0.4, 0.5) is 0 Å². The smallest absolute Gasteiger partial charge is 0.203 e. The van der Waals surface area contributed by atoms with Gasteiger partial charge in [0.2, 0.25) is 5.78 Å². The summed E-state index contributed by atoms with van der Waals surface area (Å²) in [6, 6.07) is 1.65. The van der Waals surface area contributed by atoms with Crippen LogP contribution in [0.2, 0.25) is 5.02 Å². The van der Waals surface area contributed by atoms with E-state index in [2.05, 4.69) is 15.9 Å². The number of hydrogen-bond donors (Lipinski definition) is 0. The third kappa shape index (κ3) is 2.60. The molecule has 2 rings (SSSR count). The normalized spacial score (nSPS) is 21.6. The monoisotopic (exact) mass is 310 g/mol. The van der Waals surface area contributed by atoms with Gasteiger partial charge in [-0.1, -0.05) is 11.6 Å². The molecule has 2 heterocycles. The van der Waals surface area contributed by atoms with E-state index in [0.29, 0.717) is 29.7 Å². The van der Waals surface area contributed by atoms with Crippen LogP contribution in [-0.4, -0.2) is 31.7 Å². The molecule has 0 saturated carbocycles. The quantitative estimate of drug-likeness (QED) is 0.788. The molecular weight excluding hydrogens is 304 g/mol. The molecule has 1 fully saturated rings. The molecule has 1 aliphatic rings. The Morgan fingerprint density at radius 2 is 2.40 bits per heavy atom. The number of Topliss-reactive ketones (excluding diaryl/α,β-unsaturated/α-hetero) is 1. The largest absolute Gasteiger partial charge is 0.376 e. The van der Waals surface area contributed by atoms with Crippen molar-refractivity contribution in [3.63, 3.8) is 0 Å². The van der Waals surface area contributed by atoms with Gasteiger partial charge in [-0.3, -0.25) is 4.79 Å². The number of carbonyl (C=O) groups excluding carboxylic acids is 1. The fraction of sp³-hybridized carbons (Fsp3) is 0.444. The Balaban J connectivity index is 2.12. The van der Waals surface area contributed by atoms with E-state index in [1.54, 1.807) is 6.07 Å². The van der Waals surface area contributed by atoms with E-state index < -0.39 is 6.10 Å². The highest BCUT2D eigenvalue weighted by Crippen LogP contribution is 2.33. The molecule has 0 amide bonds. The predicted octanol–water partition coefficient (Wildman–Crippen LogP) is 2.76. The van der Waals surface area contributed by atoms with E-state index in [9.17, 15) is 4.79 Å². The lowest BCUT2D eigenvalue weighted by Gasteiger charge is -2.20. The third-order valence-electron chi connectivity index (χ3n) is 2.00. The van der Waals surface area contributed by atoms with Gasteiger partial charge in [-0.05, 0) is 22.0 Å². The van der Waals surface area contributed by atoms with Crippen molar-refractivity contribution in [2.24, 2.45) is 0 Å². The molecule has 3 nitrogen and oxygen atoms in total. The second kappa shape index (κ2) is 4.93. The molecule has 1 saturated heterocycles. The fourth-order valence-electron chi connectivity index (χ4n) is 1.27. The zero-order chi connectivity index (χ0) is 10.8. The average Bonchev–Trinajstić information content (AvgIpc) is 2.59. The minimum Gasteiger partial charge on any atom is -0.376 e. The molecule has 0 aliphatic carbocycles. The second-order valence-corrected chi connectivity index (χ2v) is 5.81. The molecule has 6 heteroatoms. The summed E-state index contributed by atoms with van der Waals surface area (Å²) >= 11 is 10.4. The van der Waals surface area contributed by atoms with Crippen LogP contribution < -0.4 is 0 Å². The highest BCUT2D eigenvalue weighted by Gasteiger charge is 2.25. The van der Waals surface area contributed by atoms with Gasteiger partial charge in [0.05, 0.1) is 33.5 Å². The molecule has 1 aromatic heterocycles. The van der Waals surface area contributed by atoms with E-state index in [1.165, 1.54) is 11.3 Å². The fourth-order valence-corrected chi connectivity index (χ4v) is 2.95. The van der Waals surface area contributed by atoms with Gasteiger partial charge in [0.25, 0.3) is 0 Å². The summed E-state index contributed by atoms with van der Waals surface area (Å²) in [4.78, 5) is 12.5. The molecule has 0 aromatic carbocycles. The van der Waals surface area contributed by atoms with Crippen LogP contribution in [0, 0.1) is 0 Å². The molecule has 0 bridgehead atoms. The van der Waals surface area contributed by atoms with Crippen molar-refractivity contribution in [3.05, 3.63) is 19.8 Å². The molecule has 0 spiro atoms. The van der Waals surface area contributed by atoms with Crippen LogP contribution in [0.1, 0.15) is 9.67 Å². The third-order valence-corrected chi connectivity index (χ3v) is 4.49. The summed E-state index contributed by atoms with van der Waals surface area (Å²) in [5.74, 6) is -0.0627. The van der Waals surface area contributed by atoms with E-state index in [1.807, 2.05) is 0 Å². The van der Waals surface area contributed by atoms with Crippen LogP contribution in [-0.2, 0) is 9.47 Å². The summed E-state index contributed by atoms with van der Waals surface area (Å²) < 4.78 is 11.3. The summed E-state index contributed by atoms with van der Waals surface area (Å²) in [6.07, 6.45) is -0.486. The van der Waals surface area contributed by atoms with Gasteiger partial charge >= 0.3 is 0 Å². The zero-order valence-corrected chi connectivity index (χ0v) is 10.8. The molecular formula is C9H8BrClO3S. The van der Waals surface area contributed by atoms with E-state index >= 15 is 0 Å². The lowest BCUT2D eigenvalue weighted by atomic mass is 10.2. The number of carbonyl (C=O) groups is 1. The van der Waals surface area contributed by atoms with Crippen molar-refractivity contribution in [2.75, 3.05) is 19.8 Å². The van der Waals surface area contributed by atoms with Gasteiger partial charge in [0.15, 0.2) is 0 Å². The summed E-state index contributed by atoms with van der Waals surface area (Å²) in [6.45, 7) is 1.35. The maximum absolute atomic E-state index is 11.9. The minimum absolute atomic E-state index is 0.0627. The highest BCUT2D eigenvalue weighted by atomic mass is 79.9. The maximum Gasteiger partial charge on any atom is 0.203 e. The van der Waals surface area contributed by atoms with Crippen molar-refractivity contribution in [1.82, 2.24) is 0 Å². The first-order chi connectivity index (χ1) is 7.18. The molecule has 0 radical (unpaired) electrons. The number of ether oxygens (including phenoxy) is 2. The van der Waals surface area contributed by atoms with Gasteiger partial charge in [-0.15, -0.1) is 11.3 Å². The van der Waals surface area contributed by atoms with Crippen molar-refractivity contribution in [1.29, 1.82) is 0 Å². The highest BCUT2D eigenvalue weighted by molar-refractivity contribution is 9.11. The van der Waals surface area contributed by atoms with Gasteiger partial charge in [-0.2, -0.15) is 0 Å². The van der Waals surface area contributed by atoms with Gasteiger partial charge in [-0.25, -0.2) is 0 Å². The van der Waals surface area contributed by atoms with Crippen LogP contribution in [0.15, 0.2) is 9.85 Å². The Morgan fingerprint density at radius 3 is 2.93 bits per heavy atom. The minimum atomic E-state index is -0.486. The lowest BCUT2D eigenvalue weighted by Crippen LogP contribution is -2.35. The number of ketones is 1. The number of halogens is 2. The van der Waals surface area contributed by atoms with Gasteiger partial charge in [0.1, 0.15) is 6.10 Å². The lowest BCUT2D eigenvalue weighted by molar-refractivity contribution is -0.0717. The Bertz CT molecular complexity index is 354. The molecule has 82 valence electrons. The van der Waals surface area contributed by atoms with E-state index in [0.717, 1.165) is 3.79 Å². The summed E-state index contributed by atoms with van der Waals surface area (Å²) in [5, 5.41) is 0.556. The van der Waals surface area contributed by atoms with E-state index in [-0.39, 0.29) is 5.78 Å². The Morgan fingerprint density at radius 1 is 1.60 bits per heavy atom. The van der Waals surface area contributed by atoms with Gasteiger partial charge < -0.3 is 9.47 Å². The first-order valence-corrected chi connectivity index (χ1v) is 6.35. The standard InChI is InChI=1S/C9H8BrClO3S/c10-9-5(11)3-7(15-9)8(12)6-4-13-1-2-14-6/h3,6H,1-2,4H2. The molecule has 1 aliphatic heterocycles. The number of rotatable bonds is 2. The van der Waals surface area contributed by atoms with Crippen LogP contribution >= 0.6 is 38.9 Å². The number of hydrogen-bond acceptors (Lipinski definition) is 4. The topological polar surface area (TPSA) is 35.5 Å². The predicted molar refractivity (Wildman–Crippen MR) is 61.9 cm³/mol. The number of thiophene rings is 1. The summed E-state index contributed by atoms with van der Waals surface area (Å²) in [7, 11) is 0. The van der Waals surface area contributed by atoms with Crippen LogP contribution in [0.3, 0.4) is 0 Å².